The minimum absolute atomic E-state index is 0.268. The van der Waals surface area contributed by atoms with Crippen molar-refractivity contribution in [1.29, 1.82) is 0 Å². The van der Waals surface area contributed by atoms with Gasteiger partial charge in [-0.05, 0) is 123 Å². The highest BCUT2D eigenvalue weighted by Crippen LogP contribution is 2.67. The Hall–Kier alpha value is -1.19. The molecule has 0 amide bonds. The van der Waals surface area contributed by atoms with Gasteiger partial charge < -0.3 is 10.2 Å². The van der Waals surface area contributed by atoms with Crippen molar-refractivity contribution >= 4 is 0 Å². The molecule has 2 N–H and O–H groups in total. The molecule has 1 aromatic rings. The molecule has 0 heterocycles. The molecule has 1 aromatic carbocycles. The van der Waals surface area contributed by atoms with Gasteiger partial charge in [0.25, 0.3) is 0 Å². The number of benzene rings is 1. The Kier molecular flexibility index (Phi) is 6.51. The molecule has 5 rings (SSSR count). The Labute approximate surface area is 206 Å². The monoisotopic (exact) mass is 468 g/mol. The number of allylic oxidation sites excluding steroid dienone is 1. The standard InChI is InChI=1S/C31H45FO2/c1-4-31(34)18-17-30(3)23(20-31)11-13-25-26-14-12-22(29(26,2)16-15-27(25)30)8-6-10-28(33)21-7-5-9-24(32)19-21/h5,7,9,11,19,22,25-28,33-34H,4,6,8,10,12-18,20H2,1-3H3/t22-,25-,26-,27-,28-,29+,30-,31-/m0/s1. The summed E-state index contributed by atoms with van der Waals surface area (Å²) < 4.78 is 13.5. The van der Waals surface area contributed by atoms with Gasteiger partial charge >= 0.3 is 0 Å². The fraction of sp³-hybridized carbons (Fsp3) is 0.742. The fourth-order valence-corrected chi connectivity index (χ4v) is 9.04. The molecule has 0 bridgehead atoms. The van der Waals surface area contributed by atoms with Gasteiger partial charge in [0.05, 0.1) is 11.7 Å². The summed E-state index contributed by atoms with van der Waals surface area (Å²) in [5, 5.41) is 21.6. The van der Waals surface area contributed by atoms with Gasteiger partial charge in [-0.25, -0.2) is 4.39 Å². The van der Waals surface area contributed by atoms with Crippen molar-refractivity contribution in [2.24, 2.45) is 34.5 Å². The summed E-state index contributed by atoms with van der Waals surface area (Å²) in [6, 6.07) is 6.43. The van der Waals surface area contributed by atoms with Crippen LogP contribution >= 0.6 is 0 Å². The van der Waals surface area contributed by atoms with Gasteiger partial charge in [0.2, 0.25) is 0 Å². The Bertz CT molecular complexity index is 926. The average molecular weight is 469 g/mol. The molecular weight excluding hydrogens is 423 g/mol. The molecule has 2 nitrogen and oxygen atoms in total. The number of hydrogen-bond acceptors (Lipinski definition) is 2. The fourth-order valence-electron chi connectivity index (χ4n) is 9.04. The predicted molar refractivity (Wildman–Crippen MR) is 136 cm³/mol. The average Bonchev–Trinajstić information content (AvgIpc) is 3.16. The van der Waals surface area contributed by atoms with E-state index in [9.17, 15) is 14.6 Å². The van der Waals surface area contributed by atoms with Gasteiger partial charge in [-0.2, -0.15) is 0 Å². The number of rotatable bonds is 6. The van der Waals surface area contributed by atoms with E-state index >= 15 is 0 Å². The van der Waals surface area contributed by atoms with Crippen LogP contribution < -0.4 is 0 Å². The maximum atomic E-state index is 13.5. The smallest absolute Gasteiger partial charge is 0.123 e. The predicted octanol–water partition coefficient (Wildman–Crippen LogP) is 7.75. The van der Waals surface area contributed by atoms with Crippen LogP contribution in [0.25, 0.3) is 0 Å². The van der Waals surface area contributed by atoms with Crippen LogP contribution in [0.1, 0.15) is 109 Å². The second-order valence-corrected chi connectivity index (χ2v) is 12.8. The SMILES string of the molecule is CC[C@]1(O)CC[C@@]2(C)C(=CC[C@H]3[C@@H]4CC[C@H](CCC[C@H](O)c5cccc(F)c5)[C@@]4(C)CC[C@@H]32)C1. The highest BCUT2D eigenvalue weighted by molar-refractivity contribution is 5.27. The molecule has 4 aliphatic rings. The van der Waals surface area contributed by atoms with Crippen molar-refractivity contribution in [3.05, 3.63) is 47.3 Å². The molecular formula is C31H45FO2. The summed E-state index contributed by atoms with van der Waals surface area (Å²) in [7, 11) is 0. The molecule has 0 spiro atoms. The summed E-state index contributed by atoms with van der Waals surface area (Å²) in [5.74, 6) is 2.86. The summed E-state index contributed by atoms with van der Waals surface area (Å²) in [6.45, 7) is 7.23. The highest BCUT2D eigenvalue weighted by atomic mass is 19.1. The van der Waals surface area contributed by atoms with Crippen molar-refractivity contribution in [3.8, 4) is 0 Å². The number of hydrogen-bond donors (Lipinski definition) is 2. The summed E-state index contributed by atoms with van der Waals surface area (Å²) in [5.41, 5.74) is 2.51. The third-order valence-electron chi connectivity index (χ3n) is 11.4. The number of aliphatic hydroxyl groups excluding tert-OH is 1. The Morgan fingerprint density at radius 1 is 1.09 bits per heavy atom. The molecule has 3 heteroatoms. The zero-order chi connectivity index (χ0) is 24.1. The lowest BCUT2D eigenvalue weighted by molar-refractivity contribution is -0.0718. The van der Waals surface area contributed by atoms with Gasteiger partial charge in [0, 0.05) is 0 Å². The molecule has 34 heavy (non-hydrogen) atoms. The molecule has 0 aromatic heterocycles. The number of aliphatic hydroxyl groups is 2. The van der Waals surface area contributed by atoms with Crippen LogP contribution in [0.5, 0.6) is 0 Å². The molecule has 3 fully saturated rings. The van der Waals surface area contributed by atoms with Crippen LogP contribution in [0.2, 0.25) is 0 Å². The molecule has 4 aliphatic carbocycles. The molecule has 0 saturated heterocycles. The van der Waals surface area contributed by atoms with Crippen molar-refractivity contribution < 1.29 is 14.6 Å². The van der Waals surface area contributed by atoms with Gasteiger partial charge in [-0.1, -0.05) is 51.0 Å². The highest BCUT2D eigenvalue weighted by Gasteiger charge is 2.59. The quantitative estimate of drug-likeness (QED) is 0.419. The van der Waals surface area contributed by atoms with Crippen LogP contribution in [-0.2, 0) is 0 Å². The molecule has 8 atom stereocenters. The van der Waals surface area contributed by atoms with E-state index in [1.807, 2.05) is 6.07 Å². The number of halogens is 1. The van der Waals surface area contributed by atoms with E-state index in [1.165, 1.54) is 50.7 Å². The van der Waals surface area contributed by atoms with E-state index < -0.39 is 11.7 Å². The number of fused-ring (bicyclic) bond motifs is 5. The van der Waals surface area contributed by atoms with Crippen LogP contribution in [0.3, 0.4) is 0 Å². The third-order valence-corrected chi connectivity index (χ3v) is 11.4. The Morgan fingerprint density at radius 3 is 2.68 bits per heavy atom. The van der Waals surface area contributed by atoms with Crippen LogP contribution in [0.15, 0.2) is 35.9 Å². The van der Waals surface area contributed by atoms with Crippen LogP contribution in [0, 0.1) is 40.3 Å². The van der Waals surface area contributed by atoms with Crippen molar-refractivity contribution in [1.82, 2.24) is 0 Å². The topological polar surface area (TPSA) is 40.5 Å². The minimum Gasteiger partial charge on any atom is -0.390 e. The van der Waals surface area contributed by atoms with Gasteiger partial charge in [0.1, 0.15) is 5.82 Å². The summed E-state index contributed by atoms with van der Waals surface area (Å²) >= 11 is 0. The maximum absolute atomic E-state index is 13.5. The second-order valence-electron chi connectivity index (χ2n) is 12.8. The van der Waals surface area contributed by atoms with Crippen molar-refractivity contribution in [2.75, 3.05) is 0 Å². The zero-order valence-corrected chi connectivity index (χ0v) is 21.5. The lowest BCUT2D eigenvalue weighted by Gasteiger charge is -2.59. The summed E-state index contributed by atoms with van der Waals surface area (Å²) in [6.07, 6.45) is 15.3. The summed E-state index contributed by atoms with van der Waals surface area (Å²) in [4.78, 5) is 0. The van der Waals surface area contributed by atoms with Gasteiger partial charge in [-0.3, -0.25) is 0 Å². The van der Waals surface area contributed by atoms with Crippen LogP contribution in [-0.4, -0.2) is 15.8 Å². The molecule has 3 saturated carbocycles. The van der Waals surface area contributed by atoms with Gasteiger partial charge in [-0.15, -0.1) is 0 Å². The largest absolute Gasteiger partial charge is 0.390 e. The van der Waals surface area contributed by atoms with Crippen molar-refractivity contribution in [2.45, 2.75) is 110 Å². The minimum atomic E-state index is -0.564. The second kappa shape index (κ2) is 9.04. The lowest BCUT2D eigenvalue weighted by atomic mass is 9.46. The van der Waals surface area contributed by atoms with E-state index in [0.29, 0.717) is 16.4 Å². The maximum Gasteiger partial charge on any atom is 0.123 e. The van der Waals surface area contributed by atoms with E-state index in [-0.39, 0.29) is 5.82 Å². The first-order valence-corrected chi connectivity index (χ1v) is 14.0. The first kappa shape index (κ1) is 24.5. The molecule has 0 radical (unpaired) electrons. The molecule has 0 unspecified atom stereocenters. The zero-order valence-electron chi connectivity index (χ0n) is 21.5. The van der Waals surface area contributed by atoms with E-state index in [4.69, 9.17) is 0 Å². The van der Waals surface area contributed by atoms with Gasteiger partial charge in [0.15, 0.2) is 0 Å². The first-order chi connectivity index (χ1) is 16.2. The van der Waals surface area contributed by atoms with E-state index in [0.717, 1.165) is 62.2 Å². The van der Waals surface area contributed by atoms with E-state index in [2.05, 4.69) is 26.8 Å². The molecule has 188 valence electrons. The first-order valence-electron chi connectivity index (χ1n) is 14.0. The normalized spacial score (nSPS) is 42.4. The van der Waals surface area contributed by atoms with E-state index in [1.54, 1.807) is 11.6 Å². The van der Waals surface area contributed by atoms with Crippen molar-refractivity contribution in [3.63, 3.8) is 0 Å². The Balaban J connectivity index is 1.24. The molecule has 0 aliphatic heterocycles. The van der Waals surface area contributed by atoms with Crippen LogP contribution in [0.4, 0.5) is 4.39 Å². The lowest BCUT2D eigenvalue weighted by Crippen LogP contribution is -2.52. The Morgan fingerprint density at radius 2 is 1.91 bits per heavy atom. The third kappa shape index (κ3) is 4.09.